The van der Waals surface area contributed by atoms with E-state index in [0.29, 0.717) is 0 Å². The zero-order valence-electron chi connectivity index (χ0n) is 7.63. The second-order valence-electron chi connectivity index (χ2n) is 3.01. The van der Waals surface area contributed by atoms with Gasteiger partial charge in [-0.2, -0.15) is 0 Å². The summed E-state index contributed by atoms with van der Waals surface area (Å²) in [7, 11) is 0. The summed E-state index contributed by atoms with van der Waals surface area (Å²) in [5.41, 5.74) is -0.811. The molecule has 76 valence electrons. The van der Waals surface area contributed by atoms with Crippen LogP contribution < -0.4 is 5.56 Å². The van der Waals surface area contributed by atoms with Gasteiger partial charge in [-0.05, 0) is 24.3 Å². The molecule has 0 amide bonds. The third-order valence-corrected chi connectivity index (χ3v) is 2.05. The zero-order chi connectivity index (χ0) is 10.8. The van der Waals surface area contributed by atoms with Crippen LogP contribution in [0.25, 0.3) is 11.1 Å². The van der Waals surface area contributed by atoms with Crippen molar-refractivity contribution in [2.75, 3.05) is 0 Å². The summed E-state index contributed by atoms with van der Waals surface area (Å²) >= 11 is 0. The van der Waals surface area contributed by atoms with Crippen molar-refractivity contribution in [3.05, 3.63) is 58.5 Å². The van der Waals surface area contributed by atoms with Gasteiger partial charge in [-0.15, -0.1) is 0 Å². The van der Waals surface area contributed by atoms with Crippen LogP contribution >= 0.6 is 0 Å². The molecule has 0 atom stereocenters. The molecule has 2 aromatic rings. The predicted octanol–water partition coefficient (Wildman–Crippen LogP) is 2.32. The van der Waals surface area contributed by atoms with Gasteiger partial charge in [0.2, 0.25) is 0 Å². The van der Waals surface area contributed by atoms with Gasteiger partial charge < -0.3 is 4.98 Å². The molecule has 0 fully saturated rings. The Morgan fingerprint density at radius 1 is 1.00 bits per heavy atom. The number of aromatic nitrogens is 1. The summed E-state index contributed by atoms with van der Waals surface area (Å²) < 4.78 is 26.6. The highest BCUT2D eigenvalue weighted by Crippen LogP contribution is 2.22. The Bertz CT molecular complexity index is 528. The number of halogens is 2. The fourth-order valence-corrected chi connectivity index (χ4v) is 1.37. The van der Waals surface area contributed by atoms with Gasteiger partial charge in [0.05, 0.1) is 11.1 Å². The summed E-state index contributed by atoms with van der Waals surface area (Å²) in [6.07, 6.45) is 1.41. The average Bonchev–Trinajstić information content (AvgIpc) is 2.20. The Labute approximate surface area is 84.2 Å². The van der Waals surface area contributed by atoms with Crippen molar-refractivity contribution in [2.45, 2.75) is 0 Å². The lowest BCUT2D eigenvalue weighted by atomic mass is 10.1. The van der Waals surface area contributed by atoms with Crippen molar-refractivity contribution in [2.24, 2.45) is 0 Å². The van der Waals surface area contributed by atoms with Gasteiger partial charge in [-0.25, -0.2) is 8.78 Å². The first kappa shape index (κ1) is 9.58. The average molecular weight is 207 g/mol. The van der Waals surface area contributed by atoms with Crippen LogP contribution in [0.2, 0.25) is 0 Å². The minimum absolute atomic E-state index is 0.00639. The fourth-order valence-electron chi connectivity index (χ4n) is 1.37. The van der Waals surface area contributed by atoms with Crippen LogP contribution in [0, 0.1) is 11.6 Å². The van der Waals surface area contributed by atoms with E-state index in [9.17, 15) is 13.6 Å². The smallest absolute Gasteiger partial charge is 0.256 e. The maximum absolute atomic E-state index is 13.3. The van der Waals surface area contributed by atoms with E-state index in [2.05, 4.69) is 4.98 Å². The van der Waals surface area contributed by atoms with Gasteiger partial charge in [0.15, 0.2) is 0 Å². The third-order valence-electron chi connectivity index (χ3n) is 2.05. The summed E-state index contributed by atoms with van der Waals surface area (Å²) in [5.74, 6) is -1.49. The highest BCUT2D eigenvalue weighted by atomic mass is 19.1. The molecule has 2 rings (SSSR count). The Hall–Kier alpha value is -1.97. The van der Waals surface area contributed by atoms with Gasteiger partial charge in [0.25, 0.3) is 5.56 Å². The van der Waals surface area contributed by atoms with E-state index in [-0.39, 0.29) is 11.1 Å². The highest BCUT2D eigenvalue weighted by Gasteiger charge is 2.12. The maximum atomic E-state index is 13.3. The third kappa shape index (κ3) is 1.66. The minimum atomic E-state index is -0.744. The van der Waals surface area contributed by atoms with Crippen molar-refractivity contribution >= 4 is 0 Å². The van der Waals surface area contributed by atoms with Gasteiger partial charge >= 0.3 is 0 Å². The molecule has 0 radical (unpaired) electrons. The van der Waals surface area contributed by atoms with Crippen molar-refractivity contribution in [1.29, 1.82) is 0 Å². The molecule has 2 nitrogen and oxygen atoms in total. The molecule has 0 aliphatic rings. The number of benzene rings is 1. The van der Waals surface area contributed by atoms with Gasteiger partial charge in [-0.3, -0.25) is 4.79 Å². The molecule has 15 heavy (non-hydrogen) atoms. The first-order chi connectivity index (χ1) is 7.20. The minimum Gasteiger partial charge on any atom is -0.329 e. The van der Waals surface area contributed by atoms with Crippen LogP contribution in [0.15, 0.2) is 41.3 Å². The number of hydrogen-bond donors (Lipinski definition) is 1. The number of H-pyrrole nitrogens is 1. The summed E-state index contributed by atoms with van der Waals surface area (Å²) in [6, 6.07) is 6.38. The summed E-state index contributed by atoms with van der Waals surface area (Å²) in [6.45, 7) is 0. The molecule has 0 unspecified atom stereocenters. The van der Waals surface area contributed by atoms with E-state index in [0.717, 1.165) is 12.1 Å². The molecular formula is C11H7F2NO. The lowest BCUT2D eigenvalue weighted by Crippen LogP contribution is -2.09. The topological polar surface area (TPSA) is 32.9 Å². The summed E-state index contributed by atoms with van der Waals surface area (Å²) in [5, 5.41) is 0. The molecule has 0 aliphatic heterocycles. The monoisotopic (exact) mass is 207 g/mol. The van der Waals surface area contributed by atoms with Gasteiger partial charge in [0.1, 0.15) is 11.6 Å². The lowest BCUT2D eigenvalue weighted by molar-refractivity contribution is 0.589. The molecule has 1 aromatic carbocycles. The van der Waals surface area contributed by atoms with E-state index >= 15 is 0 Å². The van der Waals surface area contributed by atoms with E-state index in [1.54, 1.807) is 0 Å². The zero-order valence-corrected chi connectivity index (χ0v) is 7.63. The Kier molecular flexibility index (Phi) is 2.33. The Balaban J connectivity index is 2.75. The van der Waals surface area contributed by atoms with E-state index in [4.69, 9.17) is 0 Å². The molecule has 1 heterocycles. The van der Waals surface area contributed by atoms with Crippen LogP contribution in [0.1, 0.15) is 0 Å². The second-order valence-corrected chi connectivity index (χ2v) is 3.01. The predicted molar refractivity (Wildman–Crippen MR) is 52.4 cm³/mol. The first-order valence-corrected chi connectivity index (χ1v) is 4.32. The molecule has 1 aromatic heterocycles. The van der Waals surface area contributed by atoms with Crippen LogP contribution in [0.5, 0.6) is 0 Å². The van der Waals surface area contributed by atoms with Crippen molar-refractivity contribution in [3.63, 3.8) is 0 Å². The molecule has 0 spiro atoms. The number of hydrogen-bond acceptors (Lipinski definition) is 1. The van der Waals surface area contributed by atoms with Crippen LogP contribution in [-0.4, -0.2) is 4.98 Å². The van der Waals surface area contributed by atoms with Crippen LogP contribution in [-0.2, 0) is 0 Å². The number of rotatable bonds is 1. The largest absolute Gasteiger partial charge is 0.329 e. The molecule has 0 bridgehead atoms. The molecule has 0 aliphatic carbocycles. The van der Waals surface area contributed by atoms with E-state index in [1.165, 1.54) is 24.4 Å². The lowest BCUT2D eigenvalue weighted by Gasteiger charge is -2.02. The molecule has 4 heteroatoms. The van der Waals surface area contributed by atoms with Crippen molar-refractivity contribution < 1.29 is 8.78 Å². The van der Waals surface area contributed by atoms with E-state index in [1.807, 2.05) is 0 Å². The Morgan fingerprint density at radius 3 is 2.27 bits per heavy atom. The Morgan fingerprint density at radius 2 is 1.67 bits per heavy atom. The molecule has 0 saturated heterocycles. The van der Waals surface area contributed by atoms with E-state index < -0.39 is 17.2 Å². The number of aromatic amines is 1. The van der Waals surface area contributed by atoms with Crippen LogP contribution in [0.3, 0.4) is 0 Å². The SMILES string of the molecule is O=c1[nH]cccc1-c1c(F)cccc1F. The molecular weight excluding hydrogens is 200 g/mol. The molecule has 0 saturated carbocycles. The van der Waals surface area contributed by atoms with Gasteiger partial charge in [0, 0.05) is 6.20 Å². The van der Waals surface area contributed by atoms with Crippen LogP contribution in [0.4, 0.5) is 8.78 Å². The standard InChI is InChI=1S/C11H7F2NO/c12-8-4-1-5-9(13)10(8)7-3-2-6-14-11(7)15/h1-6H,(H,14,15). The quantitative estimate of drug-likeness (QED) is 0.764. The fraction of sp³-hybridized carbons (Fsp3) is 0. The summed E-state index contributed by atoms with van der Waals surface area (Å²) in [4.78, 5) is 13.7. The van der Waals surface area contributed by atoms with Gasteiger partial charge in [-0.1, -0.05) is 6.07 Å². The first-order valence-electron chi connectivity index (χ1n) is 4.32. The maximum Gasteiger partial charge on any atom is 0.256 e. The number of nitrogens with one attached hydrogen (secondary N) is 1. The molecule has 1 N–H and O–H groups in total. The van der Waals surface area contributed by atoms with Crippen molar-refractivity contribution in [1.82, 2.24) is 4.98 Å². The normalized spacial score (nSPS) is 10.3. The number of pyridine rings is 1. The highest BCUT2D eigenvalue weighted by molar-refractivity contribution is 5.63. The van der Waals surface area contributed by atoms with Crippen molar-refractivity contribution in [3.8, 4) is 11.1 Å². The second kappa shape index (κ2) is 3.65.